The van der Waals surface area contributed by atoms with Gasteiger partial charge in [0.15, 0.2) is 0 Å². The molecule has 0 aliphatic carbocycles. The lowest BCUT2D eigenvalue weighted by Crippen LogP contribution is -2.42. The van der Waals surface area contributed by atoms with E-state index >= 15 is 0 Å². The lowest BCUT2D eigenvalue weighted by molar-refractivity contribution is 0.186. The SMILES string of the molecule is C#CCNCC(C)N(CC)CC(C)CC. The molecule has 0 saturated heterocycles. The van der Waals surface area contributed by atoms with Gasteiger partial charge in [0.1, 0.15) is 0 Å². The van der Waals surface area contributed by atoms with Gasteiger partial charge in [-0.05, 0) is 19.4 Å². The molecule has 0 aliphatic heterocycles. The smallest absolute Gasteiger partial charge is 0.0574 e. The first-order valence-corrected chi connectivity index (χ1v) is 6.03. The van der Waals surface area contributed by atoms with Gasteiger partial charge in [-0.15, -0.1) is 6.42 Å². The molecular weight excluding hydrogens is 184 g/mol. The third-order valence-electron chi connectivity index (χ3n) is 2.94. The van der Waals surface area contributed by atoms with E-state index in [0.29, 0.717) is 12.6 Å². The molecule has 0 saturated carbocycles. The van der Waals surface area contributed by atoms with Gasteiger partial charge >= 0.3 is 0 Å². The van der Waals surface area contributed by atoms with E-state index < -0.39 is 0 Å². The topological polar surface area (TPSA) is 15.3 Å². The van der Waals surface area contributed by atoms with Crippen LogP contribution in [-0.4, -0.2) is 37.1 Å². The molecule has 2 nitrogen and oxygen atoms in total. The first-order chi connectivity index (χ1) is 7.15. The molecule has 2 unspecified atom stereocenters. The van der Waals surface area contributed by atoms with Crippen molar-refractivity contribution in [2.24, 2.45) is 5.92 Å². The molecule has 0 fully saturated rings. The highest BCUT2D eigenvalue weighted by Crippen LogP contribution is 2.07. The van der Waals surface area contributed by atoms with Crippen LogP contribution in [0.25, 0.3) is 0 Å². The second kappa shape index (κ2) is 8.76. The zero-order valence-electron chi connectivity index (χ0n) is 10.7. The summed E-state index contributed by atoms with van der Waals surface area (Å²) in [6, 6.07) is 0.567. The molecule has 0 rings (SSSR count). The zero-order chi connectivity index (χ0) is 11.7. The van der Waals surface area contributed by atoms with E-state index in [1.54, 1.807) is 0 Å². The average molecular weight is 210 g/mol. The fourth-order valence-electron chi connectivity index (χ4n) is 1.63. The van der Waals surface area contributed by atoms with Crippen LogP contribution in [0.15, 0.2) is 0 Å². The normalized spacial score (nSPS) is 14.9. The summed E-state index contributed by atoms with van der Waals surface area (Å²) < 4.78 is 0. The average Bonchev–Trinajstić information content (AvgIpc) is 2.25. The number of nitrogens with one attached hydrogen (secondary N) is 1. The zero-order valence-corrected chi connectivity index (χ0v) is 10.7. The standard InChI is InChI=1S/C13H26N2/c1-6-9-14-10-13(5)15(8-3)11-12(4)7-2/h1,12-14H,7-11H2,2-5H3. The van der Waals surface area contributed by atoms with E-state index in [9.17, 15) is 0 Å². The van der Waals surface area contributed by atoms with Crippen LogP contribution in [0.5, 0.6) is 0 Å². The predicted molar refractivity (Wildman–Crippen MR) is 67.9 cm³/mol. The quantitative estimate of drug-likeness (QED) is 0.487. The summed E-state index contributed by atoms with van der Waals surface area (Å²) in [5, 5.41) is 3.26. The monoisotopic (exact) mass is 210 g/mol. The van der Waals surface area contributed by atoms with Crippen LogP contribution in [0.3, 0.4) is 0 Å². The summed E-state index contributed by atoms with van der Waals surface area (Å²) in [5.41, 5.74) is 0. The van der Waals surface area contributed by atoms with Crippen molar-refractivity contribution < 1.29 is 0 Å². The molecular formula is C13H26N2. The van der Waals surface area contributed by atoms with Crippen LogP contribution >= 0.6 is 0 Å². The highest BCUT2D eigenvalue weighted by Gasteiger charge is 2.13. The minimum atomic E-state index is 0.567. The van der Waals surface area contributed by atoms with Crippen LogP contribution < -0.4 is 5.32 Å². The Morgan fingerprint density at radius 1 is 1.33 bits per heavy atom. The molecule has 2 atom stereocenters. The Morgan fingerprint density at radius 3 is 2.47 bits per heavy atom. The van der Waals surface area contributed by atoms with Crippen LogP contribution in [-0.2, 0) is 0 Å². The van der Waals surface area contributed by atoms with Crippen molar-refractivity contribution in [1.29, 1.82) is 0 Å². The van der Waals surface area contributed by atoms with Crippen LogP contribution in [0.1, 0.15) is 34.1 Å². The van der Waals surface area contributed by atoms with E-state index in [-0.39, 0.29) is 0 Å². The molecule has 0 spiro atoms. The summed E-state index contributed by atoms with van der Waals surface area (Å²) in [7, 11) is 0. The molecule has 0 aromatic rings. The minimum absolute atomic E-state index is 0.567. The highest BCUT2D eigenvalue weighted by molar-refractivity contribution is 4.87. The molecule has 0 heterocycles. The fraction of sp³-hybridized carbons (Fsp3) is 0.846. The van der Waals surface area contributed by atoms with Gasteiger partial charge in [0.05, 0.1) is 6.54 Å². The number of hydrogen-bond acceptors (Lipinski definition) is 2. The second-order valence-corrected chi connectivity index (χ2v) is 4.29. The first kappa shape index (κ1) is 14.5. The van der Waals surface area contributed by atoms with Crippen molar-refractivity contribution in [3.63, 3.8) is 0 Å². The van der Waals surface area contributed by atoms with Crippen molar-refractivity contribution in [2.75, 3.05) is 26.2 Å². The Hall–Kier alpha value is -0.520. The Balaban J connectivity index is 3.88. The largest absolute Gasteiger partial charge is 0.305 e. The Morgan fingerprint density at radius 2 is 2.00 bits per heavy atom. The Labute approximate surface area is 95.4 Å². The molecule has 0 aromatic carbocycles. The molecule has 1 N–H and O–H groups in total. The fourth-order valence-corrected chi connectivity index (χ4v) is 1.63. The Bertz CT molecular complexity index is 183. The summed E-state index contributed by atoms with van der Waals surface area (Å²) >= 11 is 0. The number of rotatable bonds is 8. The Kier molecular flexibility index (Phi) is 8.46. The molecule has 0 radical (unpaired) electrons. The summed E-state index contributed by atoms with van der Waals surface area (Å²) in [6.07, 6.45) is 6.45. The van der Waals surface area contributed by atoms with E-state index in [2.05, 4.69) is 43.8 Å². The summed E-state index contributed by atoms with van der Waals surface area (Å²) in [5.74, 6) is 3.38. The maximum Gasteiger partial charge on any atom is 0.0574 e. The van der Waals surface area contributed by atoms with E-state index in [1.165, 1.54) is 13.0 Å². The summed E-state index contributed by atoms with van der Waals surface area (Å²) in [6.45, 7) is 13.0. The van der Waals surface area contributed by atoms with E-state index in [1.807, 2.05) is 0 Å². The van der Waals surface area contributed by atoms with Gasteiger partial charge in [-0.25, -0.2) is 0 Å². The van der Waals surface area contributed by atoms with Gasteiger partial charge in [0.25, 0.3) is 0 Å². The van der Waals surface area contributed by atoms with Gasteiger partial charge in [-0.2, -0.15) is 0 Å². The number of hydrogen-bond donors (Lipinski definition) is 1. The van der Waals surface area contributed by atoms with Crippen molar-refractivity contribution in [3.05, 3.63) is 0 Å². The third-order valence-corrected chi connectivity index (χ3v) is 2.94. The minimum Gasteiger partial charge on any atom is -0.305 e. The molecule has 88 valence electrons. The van der Waals surface area contributed by atoms with Gasteiger partial charge < -0.3 is 5.32 Å². The van der Waals surface area contributed by atoms with Gasteiger partial charge in [-0.1, -0.05) is 33.1 Å². The number of nitrogens with zero attached hydrogens (tertiary/aromatic N) is 1. The maximum atomic E-state index is 5.20. The van der Waals surface area contributed by atoms with E-state index in [4.69, 9.17) is 6.42 Å². The van der Waals surface area contributed by atoms with Crippen LogP contribution in [0.2, 0.25) is 0 Å². The maximum absolute atomic E-state index is 5.20. The first-order valence-electron chi connectivity index (χ1n) is 6.03. The molecule has 15 heavy (non-hydrogen) atoms. The predicted octanol–water partition coefficient (Wildman–Crippen LogP) is 1.97. The molecule has 2 heteroatoms. The van der Waals surface area contributed by atoms with Gasteiger partial charge in [-0.3, -0.25) is 4.90 Å². The highest BCUT2D eigenvalue weighted by atomic mass is 15.2. The van der Waals surface area contributed by atoms with Crippen molar-refractivity contribution in [2.45, 2.75) is 40.2 Å². The molecule has 0 aromatic heterocycles. The molecule has 0 aliphatic rings. The number of likely N-dealkylation sites (N-methyl/N-ethyl adjacent to an activating group) is 1. The van der Waals surface area contributed by atoms with Crippen molar-refractivity contribution in [3.8, 4) is 12.3 Å². The lowest BCUT2D eigenvalue weighted by atomic mass is 10.1. The van der Waals surface area contributed by atoms with Gasteiger partial charge in [0, 0.05) is 19.1 Å². The third kappa shape index (κ3) is 6.54. The van der Waals surface area contributed by atoms with Crippen molar-refractivity contribution >= 4 is 0 Å². The second-order valence-electron chi connectivity index (χ2n) is 4.29. The van der Waals surface area contributed by atoms with Gasteiger partial charge in [0.2, 0.25) is 0 Å². The molecule has 0 bridgehead atoms. The lowest BCUT2D eigenvalue weighted by Gasteiger charge is -2.30. The number of terminal acetylenes is 1. The van der Waals surface area contributed by atoms with Crippen LogP contribution in [0.4, 0.5) is 0 Å². The molecule has 0 amide bonds. The van der Waals surface area contributed by atoms with Crippen LogP contribution in [0, 0.1) is 18.3 Å². The van der Waals surface area contributed by atoms with Crippen molar-refractivity contribution in [1.82, 2.24) is 10.2 Å². The van der Waals surface area contributed by atoms with E-state index in [0.717, 1.165) is 19.0 Å². The summed E-state index contributed by atoms with van der Waals surface area (Å²) in [4.78, 5) is 2.51.